The number of halogens is 1. The van der Waals surface area contributed by atoms with Crippen LogP contribution in [0.15, 0.2) is 69.1 Å². The lowest BCUT2D eigenvalue weighted by Gasteiger charge is -2.16. The second kappa shape index (κ2) is 9.47. The smallest absolute Gasteiger partial charge is 0.258 e. The molecule has 0 atom stereocenters. The largest absolute Gasteiger partial charge is 0.494 e. The summed E-state index contributed by atoms with van der Waals surface area (Å²) < 4.78 is 20.4. The number of hydrogen-bond acceptors (Lipinski definition) is 8. The molecule has 0 amide bonds. The maximum Gasteiger partial charge on any atom is 0.258 e. The van der Waals surface area contributed by atoms with Crippen LogP contribution in [0.3, 0.4) is 0 Å². The fourth-order valence-electron chi connectivity index (χ4n) is 3.67. The van der Waals surface area contributed by atoms with E-state index in [2.05, 4.69) is 15.2 Å². The van der Waals surface area contributed by atoms with Gasteiger partial charge in [0.05, 0.1) is 24.9 Å². The topological polar surface area (TPSA) is 96.7 Å². The summed E-state index contributed by atoms with van der Waals surface area (Å²) in [6, 6.07) is 14.1. The molecule has 4 heterocycles. The van der Waals surface area contributed by atoms with Gasteiger partial charge in [-0.05, 0) is 43.3 Å². The number of thioether (sulfide) groups is 1. The van der Waals surface area contributed by atoms with Crippen molar-refractivity contribution in [1.29, 1.82) is 0 Å². The number of benzene rings is 1. The Morgan fingerprint density at radius 3 is 2.51 bits per heavy atom. The lowest BCUT2D eigenvalue weighted by atomic mass is 10.2. The molecule has 0 radical (unpaired) electrons. The molecule has 5 aromatic rings. The van der Waals surface area contributed by atoms with Crippen molar-refractivity contribution >= 4 is 29.0 Å². The number of pyridine rings is 1. The normalized spacial score (nSPS) is 11.2. The molecule has 0 saturated heterocycles. The van der Waals surface area contributed by atoms with E-state index in [-0.39, 0.29) is 5.56 Å². The van der Waals surface area contributed by atoms with Gasteiger partial charge < -0.3 is 13.9 Å². The van der Waals surface area contributed by atoms with Crippen molar-refractivity contribution in [2.24, 2.45) is 0 Å². The van der Waals surface area contributed by atoms with Gasteiger partial charge >= 0.3 is 0 Å². The summed E-state index contributed by atoms with van der Waals surface area (Å²) in [6.07, 6.45) is 1.55. The number of nitrogens with zero attached hydrogens (tertiary/aromatic N) is 5. The number of ether oxygens (including phenoxy) is 2. The third kappa shape index (κ3) is 4.38. The molecule has 0 bridgehead atoms. The highest BCUT2D eigenvalue weighted by molar-refractivity contribution is 7.98. The monoisotopic (exact) mass is 509 g/mol. The van der Waals surface area contributed by atoms with Crippen LogP contribution in [0.4, 0.5) is 0 Å². The van der Waals surface area contributed by atoms with E-state index in [9.17, 15) is 4.79 Å². The van der Waals surface area contributed by atoms with Crippen LogP contribution in [0, 0.1) is 6.92 Å². The third-order valence-corrected chi connectivity index (χ3v) is 6.43. The number of rotatable bonds is 7. The Kier molecular flexibility index (Phi) is 6.23. The molecule has 0 spiro atoms. The van der Waals surface area contributed by atoms with Gasteiger partial charge in [-0.15, -0.1) is 10.2 Å². The minimum absolute atomic E-state index is 0.215. The van der Waals surface area contributed by atoms with E-state index in [1.807, 2.05) is 41.8 Å². The number of para-hydroxylation sites is 1. The quantitative estimate of drug-likeness (QED) is 0.288. The third-order valence-electron chi connectivity index (χ3n) is 5.25. The van der Waals surface area contributed by atoms with Crippen LogP contribution in [0.25, 0.3) is 22.9 Å². The highest BCUT2D eigenvalue weighted by atomic mass is 35.5. The first kappa shape index (κ1) is 23.0. The van der Waals surface area contributed by atoms with Crippen molar-refractivity contribution in [2.45, 2.75) is 17.8 Å². The van der Waals surface area contributed by atoms with Gasteiger partial charge in [-0.1, -0.05) is 29.4 Å². The summed E-state index contributed by atoms with van der Waals surface area (Å²) in [5, 5.41) is 9.83. The Morgan fingerprint density at radius 1 is 1.06 bits per heavy atom. The molecular weight excluding hydrogens is 490 g/mol. The predicted octanol–water partition coefficient (Wildman–Crippen LogP) is 4.81. The van der Waals surface area contributed by atoms with Gasteiger partial charge in [-0.3, -0.25) is 13.8 Å². The molecule has 0 saturated carbocycles. The minimum atomic E-state index is -0.215. The van der Waals surface area contributed by atoms with Crippen molar-refractivity contribution in [3.05, 3.63) is 81.6 Å². The van der Waals surface area contributed by atoms with Crippen LogP contribution < -0.4 is 15.0 Å². The molecule has 0 unspecified atom stereocenters. The first-order valence-electron chi connectivity index (χ1n) is 10.5. The number of furan rings is 1. The average molecular weight is 510 g/mol. The molecule has 35 heavy (non-hydrogen) atoms. The van der Waals surface area contributed by atoms with Crippen molar-refractivity contribution in [3.63, 3.8) is 0 Å². The zero-order valence-electron chi connectivity index (χ0n) is 19.1. The number of methoxy groups -OCH3 is 2. The molecule has 178 valence electrons. The van der Waals surface area contributed by atoms with Crippen LogP contribution in [0.5, 0.6) is 11.5 Å². The van der Waals surface area contributed by atoms with Gasteiger partial charge in [-0.25, -0.2) is 4.98 Å². The van der Waals surface area contributed by atoms with Crippen molar-refractivity contribution in [3.8, 4) is 28.8 Å². The lowest BCUT2D eigenvalue weighted by Crippen LogP contribution is -2.15. The average Bonchev–Trinajstić information content (AvgIpc) is 3.48. The molecule has 4 aromatic heterocycles. The number of aromatic nitrogens is 5. The summed E-state index contributed by atoms with van der Waals surface area (Å²) >= 11 is 7.39. The van der Waals surface area contributed by atoms with Crippen LogP contribution in [-0.2, 0) is 5.75 Å². The Hall–Kier alpha value is -3.76. The fourth-order valence-corrected chi connectivity index (χ4v) is 4.66. The van der Waals surface area contributed by atoms with Gasteiger partial charge in [0.25, 0.3) is 5.56 Å². The van der Waals surface area contributed by atoms with E-state index in [1.165, 1.54) is 22.2 Å². The van der Waals surface area contributed by atoms with Gasteiger partial charge in [-0.2, -0.15) is 0 Å². The molecule has 11 heteroatoms. The lowest BCUT2D eigenvalue weighted by molar-refractivity contribution is 0.390. The molecule has 0 aliphatic heterocycles. The summed E-state index contributed by atoms with van der Waals surface area (Å²) in [6.45, 7) is 1.86. The Balaban J connectivity index is 1.59. The Morgan fingerprint density at radius 2 is 1.83 bits per heavy atom. The molecule has 1 aromatic carbocycles. The van der Waals surface area contributed by atoms with Crippen LogP contribution in [0.2, 0.25) is 5.02 Å². The number of aryl methyl sites for hydroxylation is 1. The van der Waals surface area contributed by atoms with E-state index >= 15 is 0 Å². The number of fused-ring (bicyclic) bond motifs is 1. The van der Waals surface area contributed by atoms with Crippen LogP contribution in [0.1, 0.15) is 11.5 Å². The van der Waals surface area contributed by atoms with Crippen LogP contribution >= 0.6 is 23.4 Å². The summed E-state index contributed by atoms with van der Waals surface area (Å²) in [4.78, 5) is 17.2. The standard InChI is InChI=1S/C24H20ClN5O4S/c1-14-7-9-19(34-14)23-27-28-24(30(23)22-17(32-2)5-4-6-18(22)33-3)35-13-16-11-21(31)29-12-15(25)8-10-20(29)26-16/h4-12H,13H2,1-3H3. The molecule has 5 rings (SSSR count). The summed E-state index contributed by atoms with van der Waals surface area (Å²) in [5.41, 5.74) is 1.53. The maximum absolute atomic E-state index is 12.6. The van der Waals surface area contributed by atoms with Crippen molar-refractivity contribution < 1.29 is 13.9 Å². The van der Waals surface area contributed by atoms with Crippen molar-refractivity contribution in [2.75, 3.05) is 14.2 Å². The maximum atomic E-state index is 12.6. The molecule has 0 aliphatic carbocycles. The summed E-state index contributed by atoms with van der Waals surface area (Å²) in [7, 11) is 3.18. The molecule has 0 aliphatic rings. The first-order chi connectivity index (χ1) is 17.0. The predicted molar refractivity (Wildman–Crippen MR) is 133 cm³/mol. The van der Waals surface area contributed by atoms with E-state index in [0.717, 1.165) is 5.76 Å². The molecule has 0 fully saturated rings. The second-order valence-electron chi connectivity index (χ2n) is 7.51. The first-order valence-corrected chi connectivity index (χ1v) is 11.9. The molecule has 0 N–H and O–H groups in total. The van der Waals surface area contributed by atoms with Crippen LogP contribution in [-0.4, -0.2) is 38.4 Å². The Labute approximate surface area is 209 Å². The molecular formula is C24H20ClN5O4S. The van der Waals surface area contributed by atoms with Gasteiger partial charge in [0.2, 0.25) is 5.82 Å². The van der Waals surface area contributed by atoms with E-state index in [1.54, 1.807) is 32.5 Å². The van der Waals surface area contributed by atoms with Gasteiger partial charge in [0, 0.05) is 18.0 Å². The Bertz CT molecular complexity index is 1570. The van der Waals surface area contributed by atoms with E-state index in [0.29, 0.717) is 56.0 Å². The minimum Gasteiger partial charge on any atom is -0.494 e. The van der Waals surface area contributed by atoms with E-state index in [4.69, 9.17) is 25.5 Å². The number of hydrogen-bond donors (Lipinski definition) is 0. The zero-order valence-corrected chi connectivity index (χ0v) is 20.6. The zero-order chi connectivity index (χ0) is 24.5. The van der Waals surface area contributed by atoms with Crippen molar-refractivity contribution in [1.82, 2.24) is 24.1 Å². The fraction of sp³-hybridized carbons (Fsp3) is 0.167. The second-order valence-corrected chi connectivity index (χ2v) is 8.89. The van der Waals surface area contributed by atoms with Gasteiger partial charge in [0.15, 0.2) is 10.9 Å². The van der Waals surface area contributed by atoms with E-state index < -0.39 is 0 Å². The highest BCUT2D eigenvalue weighted by Crippen LogP contribution is 2.39. The SMILES string of the molecule is COc1cccc(OC)c1-n1c(SCc2cc(=O)n3cc(Cl)ccc3n2)nnc1-c1ccc(C)o1. The molecule has 9 nitrogen and oxygen atoms in total. The highest BCUT2D eigenvalue weighted by Gasteiger charge is 2.24. The summed E-state index contributed by atoms with van der Waals surface area (Å²) in [5.74, 6) is 3.32. The van der Waals surface area contributed by atoms with Gasteiger partial charge in [0.1, 0.15) is 28.6 Å².